The smallest absolute Gasteiger partial charge is 0.291 e. The Labute approximate surface area is 770 Å². The molecule has 16 aromatic heterocycles. The Hall–Kier alpha value is -16.2. The Kier molecular flexibility index (Phi) is 31.1. The second kappa shape index (κ2) is 44.8. The summed E-state index contributed by atoms with van der Waals surface area (Å²) in [4.78, 5) is 84.6. The van der Waals surface area contributed by atoms with Crippen molar-refractivity contribution in [3.8, 4) is 90.8 Å². The first kappa shape index (κ1) is 94.4. The molecule has 4 amide bonds. The molecule has 20 rings (SSSR count). The van der Waals surface area contributed by atoms with E-state index in [4.69, 9.17) is 56.4 Å². The zero-order valence-corrected chi connectivity index (χ0v) is 73.4. The summed E-state index contributed by atoms with van der Waals surface area (Å²) in [5.41, 5.74) is 6.16. The van der Waals surface area contributed by atoms with Gasteiger partial charge in [-0.3, -0.25) is 82.8 Å². The predicted octanol–water partition coefficient (Wildman–Crippen LogP) is 16.4. The van der Waals surface area contributed by atoms with E-state index < -0.39 is 47.0 Å². The fourth-order valence-corrected chi connectivity index (χ4v) is 15.4. The third-order valence-electron chi connectivity index (χ3n) is 22.2. The van der Waals surface area contributed by atoms with Crippen LogP contribution in [0.1, 0.15) is 158 Å². The maximum absolute atomic E-state index is 14.6. The highest BCUT2D eigenvalue weighted by atomic mass is 19.1. The van der Waals surface area contributed by atoms with Gasteiger partial charge in [-0.15, -0.1) is 0 Å². The lowest BCUT2D eigenvalue weighted by atomic mass is 9.89. The molecule has 40 nitrogen and oxygen atoms in total. The molecule has 0 radical (unpaired) electrons. The molecule has 16 aromatic rings. The molecule has 4 aliphatic carbocycles. The van der Waals surface area contributed by atoms with Crippen LogP contribution in [-0.4, -0.2) is 197 Å². The van der Waals surface area contributed by atoms with Crippen molar-refractivity contribution in [1.29, 1.82) is 0 Å². The highest BCUT2D eigenvalue weighted by Gasteiger charge is 2.37. The van der Waals surface area contributed by atoms with Crippen LogP contribution >= 0.6 is 0 Å². The van der Waals surface area contributed by atoms with Gasteiger partial charge >= 0.3 is 0 Å². The first-order valence-electron chi connectivity index (χ1n) is 43.4. The summed E-state index contributed by atoms with van der Waals surface area (Å²) in [6, 6.07) is 26.5. The molecule has 4 saturated carbocycles. The van der Waals surface area contributed by atoms with Crippen LogP contribution in [0.25, 0.3) is 90.8 Å². The normalized spacial score (nSPS) is 17.3. The molecule has 704 valence electrons. The number of amides is 4. The second-order valence-electron chi connectivity index (χ2n) is 31.0. The molecule has 0 bridgehead atoms. The Morgan fingerprint density at radius 3 is 0.949 bits per heavy atom. The van der Waals surface area contributed by atoms with Crippen LogP contribution < -0.4 is 21.3 Å². The van der Waals surface area contributed by atoms with Crippen molar-refractivity contribution < 1.29 is 93.2 Å². The van der Waals surface area contributed by atoms with E-state index >= 15 is 0 Å². The highest BCUT2D eigenvalue weighted by molar-refractivity contribution is 6.07. The highest BCUT2D eigenvalue weighted by Crippen LogP contribution is 2.43. The first-order chi connectivity index (χ1) is 66.3. The van der Waals surface area contributed by atoms with Crippen molar-refractivity contribution in [3.63, 3.8) is 0 Å². The van der Waals surface area contributed by atoms with Gasteiger partial charge in [-0.25, -0.2) is 18.2 Å². The van der Waals surface area contributed by atoms with Gasteiger partial charge < -0.3 is 68.1 Å². The maximum atomic E-state index is 14.6. The lowest BCUT2D eigenvalue weighted by molar-refractivity contribution is -0.123. The van der Waals surface area contributed by atoms with Crippen molar-refractivity contribution in [2.45, 2.75) is 140 Å². The lowest BCUT2D eigenvalue weighted by Crippen LogP contribution is -2.33. The Morgan fingerprint density at radius 2 is 0.669 bits per heavy atom. The maximum Gasteiger partial charge on any atom is 0.291 e. The summed E-state index contributed by atoms with van der Waals surface area (Å²) in [5.74, 6) is -1.51. The molecule has 0 spiro atoms. The number of rotatable bonds is 28. The predicted molar refractivity (Wildman–Crippen MR) is 480 cm³/mol. The number of aromatic nitrogens is 20. The molecule has 0 unspecified atom stereocenters. The van der Waals surface area contributed by atoms with Crippen molar-refractivity contribution in [2.75, 3.05) is 47.7 Å². The SMILES string of the molecule is CCOC1CC(n2cc(NC(=O)c3ccc(-c4cn[nH]c4)o3)c(-c3cccc(F)n3)n2)C1.CCOC1CC(n2cc(NC(=O)c3ccc(-c4cn[nH]c4)o3)c(-c3ncccc3F)n2)C1.CCOC1CC(n2cc(NC(=O)c3ccc(-c4cn[nH]c4)o3)c(-c3ncccc3F)n2)C1.CCOC1CCC(n2cc(NC(=O)c3ccc(-c4cn[nH]c4)o3)c(-c3ncccc3F)n2)CC1.O=CO.O=CO. The summed E-state index contributed by atoms with van der Waals surface area (Å²) < 4.78 is 110. The van der Waals surface area contributed by atoms with Gasteiger partial charge in [0, 0.05) is 94.6 Å². The van der Waals surface area contributed by atoms with Crippen LogP contribution in [0.15, 0.2) is 214 Å². The number of H-pyrrole nitrogens is 4. The Balaban J connectivity index is 0.000000135. The first-order valence-corrected chi connectivity index (χ1v) is 43.4. The summed E-state index contributed by atoms with van der Waals surface area (Å²) >= 11 is 0. The zero-order chi connectivity index (χ0) is 95.1. The van der Waals surface area contributed by atoms with Gasteiger partial charge in [-0.1, -0.05) is 6.07 Å². The van der Waals surface area contributed by atoms with E-state index in [1.807, 2.05) is 27.7 Å². The van der Waals surface area contributed by atoms with E-state index in [-0.39, 0.29) is 119 Å². The van der Waals surface area contributed by atoms with Crippen LogP contribution in [0.5, 0.6) is 0 Å². The van der Waals surface area contributed by atoms with Gasteiger partial charge in [-0.2, -0.15) is 45.2 Å². The minimum absolute atomic E-state index is 0.0702. The standard InChI is InChI=1S/C24H25FN6O3.3C22H21FN6O3.2CH2O2/c1-2-33-17-7-5-16(6-8-17)31-14-19(23(30-31)22-18(25)4-3-11-26-22)29-24(32)21-10-9-20(34-21)15-12-27-28-13-15;2*1-2-31-15-8-14(9-15)29-12-17(21(28-29)20-16(23)4-3-7-24-20)27-22(30)19-6-5-18(32-19)13-10-25-26-11-13;1-2-31-15-8-14(9-15)29-12-17(21(28-29)16-4-3-5-20(23)26-16)27-22(30)19-7-6-18(32-19)13-10-24-25-11-13;2*2-1-3/h3-4,9-14,16-17H,2,5-8H2,1H3,(H,27,28)(H,29,32);2*3-7,10-12,14-15H,2,8-9H2,1H3,(H,25,26)(H,27,30);3-7,10-12,14-15H,2,8-9H2,1H3,(H,24,25)(H,27,30);2*1H,(H,2,3). The molecule has 44 heteroatoms. The van der Waals surface area contributed by atoms with Gasteiger partial charge in [0.1, 0.15) is 62.9 Å². The molecule has 10 N–H and O–H groups in total. The summed E-state index contributed by atoms with van der Waals surface area (Å²) in [6.45, 7) is 10.1. The number of nitrogens with zero attached hydrogens (tertiary/aromatic N) is 16. The monoisotopic (exact) mass is 1860 g/mol. The Morgan fingerprint density at radius 1 is 0.382 bits per heavy atom. The number of nitrogens with one attached hydrogen (secondary N) is 8. The van der Waals surface area contributed by atoms with Gasteiger partial charge in [0.2, 0.25) is 5.95 Å². The second-order valence-corrected chi connectivity index (χ2v) is 31.0. The average Bonchev–Trinajstić information content (AvgIpc) is 1.66. The van der Waals surface area contributed by atoms with Crippen molar-refractivity contribution in [3.05, 3.63) is 243 Å². The molecule has 0 saturated heterocycles. The summed E-state index contributed by atoms with van der Waals surface area (Å²) in [5, 5.41) is 69.7. The topological polar surface area (TPSA) is 518 Å². The number of hydrogen-bond donors (Lipinski definition) is 10. The number of aromatic amines is 4. The van der Waals surface area contributed by atoms with Crippen LogP contribution in [0, 0.1) is 23.4 Å². The van der Waals surface area contributed by atoms with Crippen molar-refractivity contribution >= 4 is 59.3 Å². The van der Waals surface area contributed by atoms with E-state index in [9.17, 15) is 36.7 Å². The van der Waals surface area contributed by atoms with Crippen LogP contribution in [0.3, 0.4) is 0 Å². The molecule has 0 aromatic carbocycles. The molecule has 0 aliphatic heterocycles. The fraction of sp³-hybridized carbons (Fsp3) is 0.283. The minimum atomic E-state index is -0.620. The number of hydrogen-bond acceptors (Lipinski definition) is 26. The molecule has 0 atom stereocenters. The molecule has 4 fully saturated rings. The van der Waals surface area contributed by atoms with Gasteiger partial charge in [-0.05, 0) is 189 Å². The van der Waals surface area contributed by atoms with Gasteiger partial charge in [0.05, 0.1) is 124 Å². The number of pyridine rings is 4. The van der Waals surface area contributed by atoms with E-state index in [1.165, 1.54) is 61.1 Å². The fourth-order valence-electron chi connectivity index (χ4n) is 15.4. The van der Waals surface area contributed by atoms with Crippen LogP contribution in [-0.2, 0) is 28.5 Å². The molecular weight excluding hydrogens is 1770 g/mol. The van der Waals surface area contributed by atoms with E-state index in [2.05, 4.69) is 102 Å². The number of halogens is 4. The third-order valence-corrected chi connectivity index (χ3v) is 22.2. The quantitative estimate of drug-likeness (QED) is 0.0124. The van der Waals surface area contributed by atoms with Crippen molar-refractivity contribution in [2.24, 2.45) is 0 Å². The van der Waals surface area contributed by atoms with Crippen molar-refractivity contribution in [1.82, 2.24) is 99.8 Å². The third kappa shape index (κ3) is 22.9. The minimum Gasteiger partial charge on any atom is -0.483 e. The number of carboxylic acid groups (broad SMARTS) is 2. The number of furan rings is 4. The number of carbonyl (C=O) groups excluding carboxylic acids is 4. The van der Waals surface area contributed by atoms with Gasteiger partial charge in [0.15, 0.2) is 40.5 Å². The van der Waals surface area contributed by atoms with E-state index in [1.54, 1.807) is 154 Å². The molecular formula is C92H92F4N24O16. The van der Waals surface area contributed by atoms with Gasteiger partial charge in [0.25, 0.3) is 36.6 Å². The molecule has 4 aliphatic rings. The number of ether oxygens (including phenoxy) is 4. The number of carbonyl (C=O) groups is 6. The molecule has 136 heavy (non-hydrogen) atoms. The van der Waals surface area contributed by atoms with Crippen LogP contribution in [0.2, 0.25) is 0 Å². The summed E-state index contributed by atoms with van der Waals surface area (Å²) in [6.07, 6.45) is 33.8. The Bertz CT molecular complexity index is 6410. The largest absolute Gasteiger partial charge is 0.483 e. The van der Waals surface area contributed by atoms with E-state index in [0.29, 0.717) is 83.6 Å². The average molecular weight is 1870 g/mol. The zero-order valence-electron chi connectivity index (χ0n) is 73.4. The molecule has 16 heterocycles. The van der Waals surface area contributed by atoms with E-state index in [0.717, 1.165) is 86.5 Å². The number of anilines is 4. The van der Waals surface area contributed by atoms with Crippen LogP contribution in [0.4, 0.5) is 40.3 Å². The lowest BCUT2D eigenvalue weighted by Gasteiger charge is -2.34. The summed E-state index contributed by atoms with van der Waals surface area (Å²) in [7, 11) is 0.